The van der Waals surface area contributed by atoms with Gasteiger partial charge >= 0.3 is 17.9 Å². The summed E-state index contributed by atoms with van der Waals surface area (Å²) in [6, 6.07) is -12.6. The third-order valence-corrected chi connectivity index (χ3v) is 14.5. The van der Waals surface area contributed by atoms with E-state index in [4.69, 9.17) is 22.9 Å². The number of thiol groups is 2. The average Bonchev–Trinajstić information content (AvgIpc) is 1.14. The monoisotopic (exact) mass is 1400 g/mol. The molecule has 0 saturated carbocycles. The second-order valence-corrected chi connectivity index (χ2v) is 22.2. The minimum absolute atomic E-state index is 0.0429. The zero-order chi connectivity index (χ0) is 72.4. The highest BCUT2D eigenvalue weighted by Gasteiger charge is 2.38. The second kappa shape index (κ2) is 42.7. The number of hydrogen-bond donors (Lipinski definition) is 24. The van der Waals surface area contributed by atoms with Gasteiger partial charge in [-0.15, -0.1) is 0 Å². The van der Waals surface area contributed by atoms with Gasteiger partial charge in [0.15, 0.2) is 0 Å². The average molecular weight is 1400 g/mol. The Morgan fingerprint density at radius 2 is 0.917 bits per heavy atom. The summed E-state index contributed by atoms with van der Waals surface area (Å²) in [5.41, 5.74) is 22.9. The summed E-state index contributed by atoms with van der Waals surface area (Å²) in [6.07, 6.45) is -3.88. The van der Waals surface area contributed by atoms with E-state index in [2.05, 4.69) is 88.4 Å². The third kappa shape index (κ3) is 29.8. The lowest BCUT2D eigenvalue weighted by molar-refractivity contribution is -0.144. The number of H-pyrrole nitrogens is 1. The van der Waals surface area contributed by atoms with Crippen LogP contribution in [0.25, 0.3) is 0 Å². The standard InChI is InChI=1S/C55H83N17O22S2/c1-25(75)43(54(92)71-38(23-96)53(91)69-36(21-74)51(89)64-30(10-12-39(58)76)47(85)67-34(55(93)94)17-40(59)77)72-49(87)33(18-42(80)81)66-45(83)29(9-5-6-14-56)63-50(88)35(20-73)68-52(90)37(22-95)70-48(86)32(16-27-19-60-24-61-27)65-46(84)31(11-13-41(78)79)62-44(82)28(57)15-26-7-3-2-4-8-26/h2-4,7-8,19,24-25,28-38,43,73-75,95-96H,5-6,9-18,20-23,56-57H2,1H3,(H2,58,76)(H2,59,77)(H,60,61)(H,62,82)(H,63,88)(H,64,89)(H,65,84)(H,66,83)(H,67,85)(H,68,90)(H,69,91)(H,70,86)(H,71,92)(H,72,87)(H,78,79)(H,80,81)(H,93,94)/t25-,28+,29+,30+,31+,32+,33+,34+,35+,36+,37+,38+,43+/m1/s1. The topological polar surface area (TPSA) is 660 Å². The van der Waals surface area contributed by atoms with Crippen molar-refractivity contribution in [1.29, 1.82) is 0 Å². The van der Waals surface area contributed by atoms with Crippen LogP contribution < -0.4 is 81.4 Å². The van der Waals surface area contributed by atoms with Crippen molar-refractivity contribution in [1.82, 2.24) is 68.5 Å². The molecule has 0 saturated heterocycles. The van der Waals surface area contributed by atoms with Crippen LogP contribution in [0.3, 0.4) is 0 Å². The third-order valence-electron chi connectivity index (χ3n) is 13.8. The molecule has 0 spiro atoms. The molecule has 0 aliphatic heterocycles. The molecule has 1 heterocycles. The maximum Gasteiger partial charge on any atom is 0.326 e. The van der Waals surface area contributed by atoms with E-state index in [-0.39, 0.29) is 44.3 Å². The predicted octanol–water partition coefficient (Wildman–Crippen LogP) is -10.2. The zero-order valence-electron chi connectivity index (χ0n) is 51.7. The molecule has 1 aromatic carbocycles. The number of carboxylic acids is 3. The number of carboxylic acid groups (broad SMARTS) is 3. The van der Waals surface area contributed by atoms with Crippen molar-refractivity contribution in [2.24, 2.45) is 22.9 Å². The van der Waals surface area contributed by atoms with Gasteiger partial charge in [-0.1, -0.05) is 30.3 Å². The van der Waals surface area contributed by atoms with Crippen molar-refractivity contribution in [3.05, 3.63) is 54.1 Å². The van der Waals surface area contributed by atoms with Crippen LogP contribution in [0.2, 0.25) is 0 Å². The van der Waals surface area contributed by atoms with E-state index >= 15 is 0 Å². The number of nitrogens with one attached hydrogen (secondary N) is 12. The Labute approximate surface area is 558 Å². The number of aromatic amines is 1. The van der Waals surface area contributed by atoms with Crippen LogP contribution in [-0.4, -0.2) is 245 Å². The van der Waals surface area contributed by atoms with Crippen LogP contribution in [0.15, 0.2) is 42.9 Å². The molecule has 2 rings (SSSR count). The van der Waals surface area contributed by atoms with Crippen LogP contribution in [0.5, 0.6) is 0 Å². The van der Waals surface area contributed by atoms with Gasteiger partial charge < -0.3 is 117 Å². The summed E-state index contributed by atoms with van der Waals surface area (Å²) in [4.78, 5) is 215. The van der Waals surface area contributed by atoms with Crippen LogP contribution in [0.4, 0.5) is 0 Å². The van der Waals surface area contributed by atoms with Crippen LogP contribution in [0.1, 0.15) is 76.0 Å². The van der Waals surface area contributed by atoms with Gasteiger partial charge in [-0.05, 0) is 57.6 Å². The molecule has 0 bridgehead atoms. The van der Waals surface area contributed by atoms with Crippen LogP contribution in [0, 0.1) is 0 Å². The maximum absolute atomic E-state index is 14.0. The van der Waals surface area contributed by atoms with Gasteiger partial charge in [0.05, 0.1) is 44.5 Å². The molecule has 2 aromatic rings. The highest BCUT2D eigenvalue weighted by atomic mass is 32.1. The number of unbranched alkanes of at least 4 members (excludes halogenated alkanes) is 1. The Balaban J connectivity index is 2.30. The molecule has 96 heavy (non-hydrogen) atoms. The number of aliphatic hydroxyl groups is 3. The van der Waals surface area contributed by atoms with Crippen LogP contribution >= 0.6 is 25.3 Å². The summed E-state index contributed by atoms with van der Waals surface area (Å²) in [6.45, 7) is -1.34. The van der Waals surface area contributed by atoms with Crippen molar-refractivity contribution < 1.29 is 107 Å². The van der Waals surface area contributed by atoms with E-state index in [0.29, 0.717) is 5.56 Å². The molecule has 0 radical (unpaired) electrons. The van der Waals surface area contributed by atoms with Crippen molar-refractivity contribution in [3.63, 3.8) is 0 Å². The first-order valence-electron chi connectivity index (χ1n) is 29.4. The molecule has 13 atom stereocenters. The minimum Gasteiger partial charge on any atom is -0.481 e. The second-order valence-electron chi connectivity index (χ2n) is 21.5. The van der Waals surface area contributed by atoms with Gasteiger partial charge in [-0.25, -0.2) is 9.78 Å². The molecule has 26 N–H and O–H groups in total. The van der Waals surface area contributed by atoms with Crippen molar-refractivity contribution in [2.75, 3.05) is 31.3 Å². The number of benzene rings is 1. The largest absolute Gasteiger partial charge is 0.481 e. The number of aliphatic carboxylic acids is 3. The lowest BCUT2D eigenvalue weighted by Gasteiger charge is -2.28. The molecular weight excluding hydrogens is 1310 g/mol. The summed E-state index contributed by atoms with van der Waals surface area (Å²) in [5.74, 6) is -21.2. The molecule has 13 amide bonds. The fourth-order valence-corrected chi connectivity index (χ4v) is 9.09. The lowest BCUT2D eigenvalue weighted by Crippen LogP contribution is -2.63. The summed E-state index contributed by atoms with van der Waals surface area (Å²) >= 11 is 8.17. The van der Waals surface area contributed by atoms with Crippen molar-refractivity contribution in [2.45, 2.75) is 156 Å². The number of carbonyl (C=O) groups is 16. The Kier molecular flexibility index (Phi) is 36.7. The molecule has 1 aromatic heterocycles. The Morgan fingerprint density at radius 1 is 0.490 bits per heavy atom. The molecule has 0 unspecified atom stereocenters. The summed E-state index contributed by atoms with van der Waals surface area (Å²) in [5, 5.41) is 84.0. The van der Waals surface area contributed by atoms with Crippen molar-refractivity contribution >= 4 is 120 Å². The maximum atomic E-state index is 14.0. The zero-order valence-corrected chi connectivity index (χ0v) is 53.5. The quantitative estimate of drug-likeness (QED) is 0.0216. The number of rotatable bonds is 46. The fourth-order valence-electron chi connectivity index (χ4n) is 8.58. The number of primary amides is 2. The minimum atomic E-state index is -2.12. The molecule has 0 aliphatic carbocycles. The molecule has 41 heteroatoms. The first-order chi connectivity index (χ1) is 45.3. The number of aliphatic hydroxyl groups excluding tert-OH is 3. The molecule has 0 aliphatic rings. The normalized spacial score (nSPS) is 15.0. The summed E-state index contributed by atoms with van der Waals surface area (Å²) < 4.78 is 0. The Hall–Kier alpha value is -9.55. The predicted molar refractivity (Wildman–Crippen MR) is 337 cm³/mol. The number of nitrogens with zero attached hydrogens (tertiary/aromatic N) is 1. The molecule has 0 fully saturated rings. The molecule has 532 valence electrons. The number of aromatic nitrogens is 2. The first kappa shape index (κ1) is 82.5. The van der Waals surface area contributed by atoms with E-state index in [1.54, 1.807) is 30.3 Å². The van der Waals surface area contributed by atoms with E-state index in [1.165, 1.54) is 12.5 Å². The SMILES string of the molecule is C[C@@H](O)[C@H](NC(=O)[C@H](CC(=O)O)NC(=O)[C@H](CCCCN)NC(=O)[C@H](CO)NC(=O)[C@H](CS)NC(=O)[C@H](Cc1cnc[nH]1)NC(=O)[C@H](CCC(=O)O)NC(=O)[C@@H](N)Cc1ccccc1)C(=O)N[C@@H](CS)C(=O)N[C@@H](CO)C(=O)N[C@@H](CCC(N)=O)C(=O)N[C@@H](CC(N)=O)C(=O)O. The molecular formula is C55H83N17O22S2. The van der Waals surface area contributed by atoms with Crippen LogP contribution in [-0.2, 0) is 89.6 Å². The number of hydrogen-bond acceptors (Lipinski definition) is 24. The van der Waals surface area contributed by atoms with Gasteiger partial charge in [0.2, 0.25) is 76.8 Å². The number of imidazole rings is 1. The highest BCUT2D eigenvalue weighted by Crippen LogP contribution is 2.10. The smallest absolute Gasteiger partial charge is 0.326 e. The Bertz CT molecular complexity index is 3030. The van der Waals surface area contributed by atoms with E-state index in [9.17, 15) is 107 Å². The van der Waals surface area contributed by atoms with Gasteiger partial charge in [0.25, 0.3) is 0 Å². The van der Waals surface area contributed by atoms with Gasteiger partial charge in [-0.3, -0.25) is 71.9 Å². The van der Waals surface area contributed by atoms with Gasteiger partial charge in [0, 0.05) is 42.7 Å². The Morgan fingerprint density at radius 3 is 1.36 bits per heavy atom. The molecule has 39 nitrogen and oxygen atoms in total. The lowest BCUT2D eigenvalue weighted by atomic mass is 10.0. The number of carbonyl (C=O) groups excluding carboxylic acids is 13. The van der Waals surface area contributed by atoms with E-state index in [0.717, 1.165) is 6.92 Å². The van der Waals surface area contributed by atoms with E-state index < -0.39 is 237 Å². The number of nitrogens with two attached hydrogens (primary N) is 4. The number of amides is 13. The van der Waals surface area contributed by atoms with Gasteiger partial charge in [0.1, 0.15) is 66.5 Å². The van der Waals surface area contributed by atoms with Gasteiger partial charge in [-0.2, -0.15) is 25.3 Å². The van der Waals surface area contributed by atoms with E-state index in [1.807, 2.05) is 5.32 Å². The van der Waals surface area contributed by atoms with Crippen molar-refractivity contribution in [3.8, 4) is 0 Å². The first-order valence-corrected chi connectivity index (χ1v) is 30.7. The fraction of sp³-hybridized carbons (Fsp3) is 0.545. The summed E-state index contributed by atoms with van der Waals surface area (Å²) in [7, 11) is 0. The highest BCUT2D eigenvalue weighted by molar-refractivity contribution is 7.80.